The second kappa shape index (κ2) is 5.37. The quantitative estimate of drug-likeness (QED) is 0.844. The number of hydrazone groups is 1. The molecule has 1 atom stereocenters. The normalized spacial score (nSPS) is 21.2. The molecule has 0 saturated heterocycles. The Balaban J connectivity index is 2.03. The van der Waals surface area contributed by atoms with Gasteiger partial charge in [0.05, 0.1) is 0 Å². The molecule has 1 unspecified atom stereocenters. The molecule has 0 fully saturated rings. The number of thioether (sulfide) groups is 1. The molecule has 4 heteroatoms. The van der Waals surface area contributed by atoms with Crippen LogP contribution in [0.15, 0.2) is 65.8 Å². The van der Waals surface area contributed by atoms with E-state index in [1.807, 2.05) is 67.6 Å². The fourth-order valence-electron chi connectivity index (χ4n) is 2.43. The summed E-state index contributed by atoms with van der Waals surface area (Å²) in [6, 6.07) is 20.0. The highest BCUT2D eigenvalue weighted by Gasteiger charge is 2.43. The largest absolute Gasteiger partial charge is 0.273 e. The molecule has 1 amide bonds. The van der Waals surface area contributed by atoms with Crippen LogP contribution in [0.25, 0.3) is 0 Å². The summed E-state index contributed by atoms with van der Waals surface area (Å²) in [5, 5.41) is 7.00. The number of hydrogen-bond acceptors (Lipinski definition) is 3. The fourth-order valence-corrected chi connectivity index (χ4v) is 3.70. The Kier molecular flexibility index (Phi) is 3.55. The zero-order chi connectivity index (χ0) is 14.9. The molecule has 0 aromatic heterocycles. The number of carbonyl (C=O) groups is 1. The van der Waals surface area contributed by atoms with E-state index >= 15 is 0 Å². The van der Waals surface area contributed by atoms with Crippen LogP contribution in [-0.2, 0) is 9.67 Å². The lowest BCUT2D eigenvalue weighted by molar-refractivity contribution is -0.131. The number of hydrogen-bond donors (Lipinski definition) is 0. The Labute approximate surface area is 128 Å². The minimum Gasteiger partial charge on any atom is -0.273 e. The lowest BCUT2D eigenvalue weighted by Gasteiger charge is -2.31. The molecular formula is C17H16N2OS. The first-order valence-electron chi connectivity index (χ1n) is 6.80. The standard InChI is InChI=1S/C17H16N2OS/c1-13(20)19-17(2,15-11-7-4-8-12-15)21-16(18-19)14-9-5-3-6-10-14/h3-12H,1-2H3. The van der Waals surface area contributed by atoms with Crippen LogP contribution >= 0.6 is 11.8 Å². The van der Waals surface area contributed by atoms with Crippen LogP contribution < -0.4 is 0 Å². The summed E-state index contributed by atoms with van der Waals surface area (Å²) in [5.74, 6) is -0.0558. The zero-order valence-electron chi connectivity index (χ0n) is 12.0. The van der Waals surface area contributed by atoms with Gasteiger partial charge in [0.15, 0.2) is 0 Å². The van der Waals surface area contributed by atoms with E-state index < -0.39 is 4.87 Å². The van der Waals surface area contributed by atoms with Crippen LogP contribution in [0.3, 0.4) is 0 Å². The maximum absolute atomic E-state index is 12.0. The van der Waals surface area contributed by atoms with Crippen molar-refractivity contribution in [2.24, 2.45) is 5.10 Å². The summed E-state index contributed by atoms with van der Waals surface area (Å²) >= 11 is 1.61. The van der Waals surface area contributed by atoms with E-state index in [1.54, 1.807) is 23.7 Å². The third-order valence-corrected chi connectivity index (χ3v) is 4.84. The van der Waals surface area contributed by atoms with Gasteiger partial charge in [-0.3, -0.25) is 4.79 Å². The van der Waals surface area contributed by atoms with Gasteiger partial charge in [-0.25, -0.2) is 5.01 Å². The third-order valence-electron chi connectivity index (χ3n) is 3.52. The van der Waals surface area contributed by atoms with Crippen molar-refractivity contribution in [1.29, 1.82) is 0 Å². The Morgan fingerprint density at radius 3 is 2.19 bits per heavy atom. The summed E-state index contributed by atoms with van der Waals surface area (Å²) in [4.78, 5) is 11.5. The Bertz CT molecular complexity index is 684. The number of nitrogens with zero attached hydrogens (tertiary/aromatic N) is 2. The molecule has 0 bridgehead atoms. The van der Waals surface area contributed by atoms with Gasteiger partial charge >= 0.3 is 0 Å². The zero-order valence-corrected chi connectivity index (χ0v) is 12.8. The molecule has 0 aliphatic carbocycles. The summed E-state index contributed by atoms with van der Waals surface area (Å²) in [7, 11) is 0. The topological polar surface area (TPSA) is 32.7 Å². The Morgan fingerprint density at radius 1 is 1.05 bits per heavy atom. The maximum Gasteiger partial charge on any atom is 0.241 e. The first-order valence-corrected chi connectivity index (χ1v) is 7.62. The molecule has 2 aromatic rings. The van der Waals surface area contributed by atoms with Crippen LogP contribution in [0.4, 0.5) is 0 Å². The van der Waals surface area contributed by atoms with E-state index in [4.69, 9.17) is 0 Å². The molecule has 0 radical (unpaired) electrons. The summed E-state index contributed by atoms with van der Waals surface area (Å²) in [6.07, 6.45) is 0. The molecule has 1 heterocycles. The van der Waals surface area contributed by atoms with E-state index in [-0.39, 0.29) is 5.91 Å². The van der Waals surface area contributed by atoms with Gasteiger partial charge < -0.3 is 0 Å². The molecule has 2 aromatic carbocycles. The van der Waals surface area contributed by atoms with Crippen LogP contribution in [0.5, 0.6) is 0 Å². The molecular weight excluding hydrogens is 280 g/mol. The Morgan fingerprint density at radius 2 is 1.62 bits per heavy atom. The van der Waals surface area contributed by atoms with Crippen LogP contribution in [-0.4, -0.2) is 16.0 Å². The lowest BCUT2D eigenvalue weighted by Crippen LogP contribution is -2.37. The lowest BCUT2D eigenvalue weighted by atomic mass is 10.1. The van der Waals surface area contributed by atoms with E-state index in [9.17, 15) is 4.79 Å². The minimum absolute atomic E-state index is 0.0558. The van der Waals surface area contributed by atoms with Crippen molar-refractivity contribution >= 4 is 22.7 Å². The van der Waals surface area contributed by atoms with E-state index in [0.29, 0.717) is 0 Å². The average molecular weight is 296 g/mol. The smallest absolute Gasteiger partial charge is 0.241 e. The number of carbonyl (C=O) groups excluding carboxylic acids is 1. The fraction of sp³-hybridized carbons (Fsp3) is 0.176. The molecule has 106 valence electrons. The van der Waals surface area contributed by atoms with Crippen LogP contribution in [0, 0.1) is 0 Å². The van der Waals surface area contributed by atoms with Gasteiger partial charge in [0.2, 0.25) is 5.91 Å². The maximum atomic E-state index is 12.0. The summed E-state index contributed by atoms with van der Waals surface area (Å²) < 4.78 is 0. The van der Waals surface area contributed by atoms with Crippen molar-refractivity contribution in [3.8, 4) is 0 Å². The third kappa shape index (κ3) is 2.47. The second-order valence-electron chi connectivity index (χ2n) is 5.05. The van der Waals surface area contributed by atoms with Crippen molar-refractivity contribution in [3.05, 3.63) is 71.8 Å². The monoisotopic (exact) mass is 296 g/mol. The molecule has 1 aliphatic heterocycles. The van der Waals surface area contributed by atoms with Crippen molar-refractivity contribution < 1.29 is 4.79 Å². The van der Waals surface area contributed by atoms with Gasteiger partial charge in [-0.15, -0.1) is 0 Å². The van der Waals surface area contributed by atoms with Crippen LogP contribution in [0.2, 0.25) is 0 Å². The van der Waals surface area contributed by atoms with Crippen molar-refractivity contribution in [2.45, 2.75) is 18.7 Å². The molecule has 3 nitrogen and oxygen atoms in total. The predicted octanol–water partition coefficient (Wildman–Crippen LogP) is 3.82. The predicted molar refractivity (Wildman–Crippen MR) is 86.9 cm³/mol. The number of rotatable bonds is 2. The molecule has 0 saturated carbocycles. The number of amides is 1. The molecule has 0 spiro atoms. The number of benzene rings is 2. The molecule has 1 aliphatic rings. The first-order chi connectivity index (χ1) is 10.1. The Hall–Kier alpha value is -2.07. The molecule has 3 rings (SSSR count). The van der Waals surface area contributed by atoms with Gasteiger partial charge in [0.25, 0.3) is 0 Å². The first kappa shape index (κ1) is 13.9. The highest BCUT2D eigenvalue weighted by molar-refractivity contribution is 8.15. The average Bonchev–Trinajstić information content (AvgIpc) is 2.89. The highest BCUT2D eigenvalue weighted by atomic mass is 32.2. The van der Waals surface area contributed by atoms with Crippen molar-refractivity contribution in [2.75, 3.05) is 0 Å². The van der Waals surface area contributed by atoms with Gasteiger partial charge in [0.1, 0.15) is 9.91 Å². The van der Waals surface area contributed by atoms with Gasteiger partial charge in [-0.05, 0) is 12.5 Å². The second-order valence-corrected chi connectivity index (χ2v) is 6.44. The highest BCUT2D eigenvalue weighted by Crippen LogP contribution is 2.46. The van der Waals surface area contributed by atoms with E-state index in [2.05, 4.69) is 5.10 Å². The van der Waals surface area contributed by atoms with Crippen LogP contribution in [0.1, 0.15) is 25.0 Å². The summed E-state index contributed by atoms with van der Waals surface area (Å²) in [5.41, 5.74) is 2.10. The SMILES string of the molecule is CC(=O)N1N=C(c2ccccc2)SC1(C)c1ccccc1. The van der Waals surface area contributed by atoms with Crippen molar-refractivity contribution in [1.82, 2.24) is 5.01 Å². The van der Waals surface area contributed by atoms with Gasteiger partial charge in [-0.1, -0.05) is 72.4 Å². The molecule has 0 N–H and O–H groups in total. The van der Waals surface area contributed by atoms with Gasteiger partial charge in [-0.2, -0.15) is 5.10 Å². The van der Waals surface area contributed by atoms with Crippen molar-refractivity contribution in [3.63, 3.8) is 0 Å². The summed E-state index contributed by atoms with van der Waals surface area (Å²) in [6.45, 7) is 3.59. The minimum atomic E-state index is -0.502. The van der Waals surface area contributed by atoms with Gasteiger partial charge in [0, 0.05) is 12.5 Å². The molecule has 21 heavy (non-hydrogen) atoms. The van der Waals surface area contributed by atoms with E-state index in [0.717, 1.165) is 16.2 Å². The van der Waals surface area contributed by atoms with E-state index in [1.165, 1.54) is 0 Å².